The Kier molecular flexibility index (Phi) is 5.35. The molecule has 124 valence electrons. The van der Waals surface area contributed by atoms with Crippen molar-refractivity contribution in [2.75, 3.05) is 33.2 Å². The number of aromatic nitrogens is 4. The number of rotatable bonds is 6. The van der Waals surface area contributed by atoms with Crippen LogP contribution in [0.4, 0.5) is 0 Å². The predicted molar refractivity (Wildman–Crippen MR) is 88.3 cm³/mol. The van der Waals surface area contributed by atoms with Gasteiger partial charge in [-0.1, -0.05) is 37.3 Å². The molecule has 1 aliphatic heterocycles. The largest absolute Gasteiger partial charge is 0.328 e. The molecule has 6 nitrogen and oxygen atoms in total. The summed E-state index contributed by atoms with van der Waals surface area (Å²) in [6.07, 6.45) is 2.05. The second kappa shape index (κ2) is 7.66. The molecular formula is C17H28N6+2. The summed E-state index contributed by atoms with van der Waals surface area (Å²) in [6, 6.07) is 11.0. The quantitative estimate of drug-likeness (QED) is 0.702. The van der Waals surface area contributed by atoms with Crippen molar-refractivity contribution < 1.29 is 9.80 Å². The molecule has 1 fully saturated rings. The van der Waals surface area contributed by atoms with Crippen molar-refractivity contribution in [2.24, 2.45) is 0 Å². The molecule has 0 amide bonds. The summed E-state index contributed by atoms with van der Waals surface area (Å²) in [4.78, 5) is 3.26. The Hall–Kier alpha value is -1.79. The molecule has 0 spiro atoms. The highest BCUT2D eigenvalue weighted by Gasteiger charge is 2.31. The van der Waals surface area contributed by atoms with Crippen molar-refractivity contribution in [1.82, 2.24) is 20.2 Å². The lowest BCUT2D eigenvalue weighted by Crippen LogP contribution is -3.27. The third kappa shape index (κ3) is 3.95. The number of aryl methyl sites for hydroxylation is 2. The van der Waals surface area contributed by atoms with Crippen LogP contribution >= 0.6 is 0 Å². The van der Waals surface area contributed by atoms with Gasteiger partial charge in [0, 0.05) is 13.0 Å². The van der Waals surface area contributed by atoms with E-state index in [0.29, 0.717) is 6.04 Å². The van der Waals surface area contributed by atoms with E-state index in [2.05, 4.69) is 59.8 Å². The number of quaternary nitrogens is 2. The second-order valence-corrected chi connectivity index (χ2v) is 6.57. The molecule has 1 aliphatic rings. The summed E-state index contributed by atoms with van der Waals surface area (Å²) in [7, 11) is 2.28. The average Bonchev–Trinajstić information content (AvgIpc) is 3.05. The molecular weight excluding hydrogens is 288 g/mol. The Morgan fingerprint density at radius 2 is 1.87 bits per heavy atom. The van der Waals surface area contributed by atoms with E-state index in [1.165, 1.54) is 31.7 Å². The molecule has 23 heavy (non-hydrogen) atoms. The van der Waals surface area contributed by atoms with E-state index in [0.717, 1.165) is 25.2 Å². The summed E-state index contributed by atoms with van der Waals surface area (Å²) in [5, 5.41) is 12.6. The first-order chi connectivity index (χ1) is 11.3. The lowest BCUT2D eigenvalue weighted by atomic mass is 10.1. The smallest absolute Gasteiger partial charge is 0.209 e. The molecule has 1 aromatic carbocycles. The van der Waals surface area contributed by atoms with Crippen LogP contribution in [0.1, 0.15) is 30.8 Å². The molecule has 0 saturated carbocycles. The van der Waals surface area contributed by atoms with Gasteiger partial charge >= 0.3 is 0 Å². The van der Waals surface area contributed by atoms with E-state index in [9.17, 15) is 0 Å². The molecule has 2 N–H and O–H groups in total. The number of nitrogens with zero attached hydrogens (tertiary/aromatic N) is 4. The number of hydrogen-bond donors (Lipinski definition) is 2. The van der Waals surface area contributed by atoms with E-state index in [-0.39, 0.29) is 0 Å². The molecule has 0 unspecified atom stereocenters. The summed E-state index contributed by atoms with van der Waals surface area (Å²) >= 11 is 0. The Bertz CT molecular complexity index is 588. The molecule has 1 saturated heterocycles. The van der Waals surface area contributed by atoms with E-state index in [1.807, 2.05) is 4.68 Å². The Morgan fingerprint density at radius 1 is 1.13 bits per heavy atom. The number of benzene rings is 1. The van der Waals surface area contributed by atoms with E-state index in [4.69, 9.17) is 0 Å². The van der Waals surface area contributed by atoms with Crippen molar-refractivity contribution >= 4 is 0 Å². The fraction of sp³-hybridized carbons (Fsp3) is 0.588. The molecule has 6 heteroatoms. The maximum absolute atomic E-state index is 4.37. The van der Waals surface area contributed by atoms with Crippen molar-refractivity contribution in [3.8, 4) is 0 Å². The van der Waals surface area contributed by atoms with E-state index < -0.39 is 0 Å². The maximum atomic E-state index is 4.37. The predicted octanol–water partition coefficient (Wildman–Crippen LogP) is -1.22. The third-order valence-electron chi connectivity index (χ3n) is 4.97. The van der Waals surface area contributed by atoms with Crippen LogP contribution in [0.15, 0.2) is 30.3 Å². The highest BCUT2D eigenvalue weighted by atomic mass is 15.5. The van der Waals surface area contributed by atoms with Gasteiger partial charge in [0.15, 0.2) is 0 Å². The maximum Gasteiger partial charge on any atom is 0.209 e. The fourth-order valence-corrected chi connectivity index (χ4v) is 3.50. The Balaban J connectivity index is 1.68. The standard InChI is InChI=1S/C17H26N6/c1-3-16(22-13-11-21(2)12-14-22)17-18-19-20-23(17)10-9-15-7-5-4-6-8-15/h4-8,16H,3,9-14H2,1-2H3/p+2/t16-/m0/s1. The van der Waals surface area contributed by atoms with Gasteiger partial charge in [0.1, 0.15) is 32.2 Å². The van der Waals surface area contributed by atoms with Crippen LogP contribution in [0.5, 0.6) is 0 Å². The van der Waals surface area contributed by atoms with Crippen molar-refractivity contribution in [2.45, 2.75) is 32.4 Å². The van der Waals surface area contributed by atoms with Gasteiger partial charge < -0.3 is 9.80 Å². The third-order valence-corrected chi connectivity index (χ3v) is 4.97. The Morgan fingerprint density at radius 3 is 2.57 bits per heavy atom. The molecule has 3 rings (SSSR count). The minimum Gasteiger partial charge on any atom is -0.328 e. The minimum atomic E-state index is 0.411. The van der Waals surface area contributed by atoms with Gasteiger partial charge in [-0.3, -0.25) is 0 Å². The number of tetrazole rings is 1. The van der Waals surface area contributed by atoms with Gasteiger partial charge in [0.2, 0.25) is 5.82 Å². The first-order valence-corrected chi connectivity index (χ1v) is 8.73. The highest BCUT2D eigenvalue weighted by molar-refractivity contribution is 5.14. The van der Waals surface area contributed by atoms with Crippen LogP contribution in [-0.2, 0) is 13.0 Å². The summed E-state index contributed by atoms with van der Waals surface area (Å²) in [6.45, 7) is 7.97. The molecule has 1 aromatic heterocycles. The lowest BCUT2D eigenvalue weighted by molar-refractivity contribution is -1.02. The normalized spacial score (nSPS) is 22.9. The molecule has 0 radical (unpaired) electrons. The van der Waals surface area contributed by atoms with Crippen LogP contribution in [0, 0.1) is 0 Å². The molecule has 0 bridgehead atoms. The van der Waals surface area contributed by atoms with Crippen LogP contribution in [0.3, 0.4) is 0 Å². The number of hydrogen-bond acceptors (Lipinski definition) is 3. The zero-order chi connectivity index (χ0) is 16.1. The summed E-state index contributed by atoms with van der Waals surface area (Å²) in [5.74, 6) is 1.05. The number of nitrogens with one attached hydrogen (secondary N) is 2. The minimum absolute atomic E-state index is 0.411. The number of piperazine rings is 1. The van der Waals surface area contributed by atoms with Crippen LogP contribution in [0.25, 0.3) is 0 Å². The van der Waals surface area contributed by atoms with Crippen LogP contribution < -0.4 is 9.80 Å². The van der Waals surface area contributed by atoms with Crippen molar-refractivity contribution in [3.05, 3.63) is 41.7 Å². The van der Waals surface area contributed by atoms with Crippen molar-refractivity contribution in [3.63, 3.8) is 0 Å². The molecule has 2 heterocycles. The molecule has 0 aliphatic carbocycles. The molecule has 2 aromatic rings. The van der Waals surface area contributed by atoms with Gasteiger partial charge in [-0.15, -0.1) is 5.10 Å². The van der Waals surface area contributed by atoms with E-state index in [1.54, 1.807) is 9.80 Å². The summed E-state index contributed by atoms with van der Waals surface area (Å²) in [5.41, 5.74) is 1.33. The van der Waals surface area contributed by atoms with Gasteiger partial charge in [-0.25, -0.2) is 4.68 Å². The van der Waals surface area contributed by atoms with E-state index >= 15 is 0 Å². The van der Waals surface area contributed by atoms with Gasteiger partial charge in [0.25, 0.3) is 0 Å². The lowest BCUT2D eigenvalue weighted by Gasteiger charge is -2.32. The zero-order valence-corrected chi connectivity index (χ0v) is 14.2. The van der Waals surface area contributed by atoms with Gasteiger partial charge in [0.05, 0.1) is 7.05 Å². The number of likely N-dealkylation sites (N-methyl/N-ethyl adjacent to an activating group) is 1. The zero-order valence-electron chi connectivity index (χ0n) is 14.2. The topological polar surface area (TPSA) is 52.5 Å². The van der Waals surface area contributed by atoms with Gasteiger partial charge in [-0.05, 0) is 22.4 Å². The first kappa shape index (κ1) is 16.1. The van der Waals surface area contributed by atoms with Gasteiger partial charge in [-0.2, -0.15) is 0 Å². The second-order valence-electron chi connectivity index (χ2n) is 6.57. The van der Waals surface area contributed by atoms with Crippen LogP contribution in [0.2, 0.25) is 0 Å². The highest BCUT2D eigenvalue weighted by Crippen LogP contribution is 2.10. The first-order valence-electron chi connectivity index (χ1n) is 8.73. The molecule has 1 atom stereocenters. The SMILES string of the molecule is CC[C@@H](c1nnnn1CCc1ccccc1)[NH+]1CC[NH+](C)CC1. The van der Waals surface area contributed by atoms with Crippen LogP contribution in [-0.4, -0.2) is 53.4 Å². The monoisotopic (exact) mass is 316 g/mol. The average molecular weight is 316 g/mol. The Labute approximate surface area is 138 Å². The summed E-state index contributed by atoms with van der Waals surface area (Å²) < 4.78 is 2.01. The van der Waals surface area contributed by atoms with Crippen molar-refractivity contribution in [1.29, 1.82) is 0 Å². The fourth-order valence-electron chi connectivity index (χ4n) is 3.50.